The number of hydrogen-bond acceptors (Lipinski definition) is 2. The van der Waals surface area contributed by atoms with Gasteiger partial charge in [-0.1, -0.05) is 13.3 Å². The molecule has 2 N–H and O–H groups in total. The molecule has 18 heavy (non-hydrogen) atoms. The van der Waals surface area contributed by atoms with Crippen molar-refractivity contribution in [3.05, 3.63) is 0 Å². The number of rotatable bonds is 8. The molecule has 0 atom stereocenters. The summed E-state index contributed by atoms with van der Waals surface area (Å²) in [6.07, 6.45) is 2.52. The van der Waals surface area contributed by atoms with Gasteiger partial charge in [0.15, 0.2) is 5.96 Å². The second kappa shape index (κ2) is 13.4. The Morgan fingerprint density at radius 1 is 1.22 bits per heavy atom. The summed E-state index contributed by atoms with van der Waals surface area (Å²) in [6, 6.07) is 0.422. The lowest BCUT2D eigenvalue weighted by Gasteiger charge is -2.16. The maximum absolute atomic E-state index is 4.55. The van der Waals surface area contributed by atoms with Crippen molar-refractivity contribution in [3.8, 4) is 0 Å². The number of hydrogen-bond donors (Lipinski definition) is 2. The Labute approximate surface area is 130 Å². The van der Waals surface area contributed by atoms with Gasteiger partial charge in [-0.25, -0.2) is 0 Å². The summed E-state index contributed by atoms with van der Waals surface area (Å²) in [4.78, 5) is 6.89. The molecule has 0 heterocycles. The first kappa shape index (κ1) is 20.3. The van der Waals surface area contributed by atoms with Gasteiger partial charge in [-0.2, -0.15) is 0 Å². The minimum Gasteiger partial charge on any atom is -0.357 e. The van der Waals surface area contributed by atoms with Crippen molar-refractivity contribution in [3.63, 3.8) is 0 Å². The quantitative estimate of drug-likeness (QED) is 0.391. The Hall–Kier alpha value is -0.0400. The van der Waals surface area contributed by atoms with Crippen LogP contribution in [0.1, 0.15) is 40.5 Å². The lowest BCUT2D eigenvalue weighted by atomic mass is 10.3. The number of guanidine groups is 1. The molecule has 0 rings (SSSR count). The van der Waals surface area contributed by atoms with Crippen LogP contribution in [0.5, 0.6) is 0 Å². The van der Waals surface area contributed by atoms with Crippen LogP contribution in [-0.2, 0) is 0 Å². The van der Waals surface area contributed by atoms with E-state index >= 15 is 0 Å². The summed E-state index contributed by atoms with van der Waals surface area (Å²) in [7, 11) is 2.16. The van der Waals surface area contributed by atoms with Gasteiger partial charge >= 0.3 is 0 Å². The Morgan fingerprint density at radius 3 is 2.39 bits per heavy atom. The molecule has 0 saturated heterocycles. The third kappa shape index (κ3) is 12.4. The predicted molar refractivity (Wildman–Crippen MR) is 92.1 cm³/mol. The molecule has 110 valence electrons. The van der Waals surface area contributed by atoms with Crippen molar-refractivity contribution >= 4 is 29.9 Å². The third-order valence-electron chi connectivity index (χ3n) is 2.41. The summed E-state index contributed by atoms with van der Waals surface area (Å²) >= 11 is 0. The van der Waals surface area contributed by atoms with Gasteiger partial charge in [0.25, 0.3) is 0 Å². The highest BCUT2D eigenvalue weighted by molar-refractivity contribution is 14.0. The summed E-state index contributed by atoms with van der Waals surface area (Å²) < 4.78 is 0. The highest BCUT2D eigenvalue weighted by atomic mass is 127. The first-order chi connectivity index (χ1) is 8.10. The topological polar surface area (TPSA) is 39.7 Å². The fourth-order valence-electron chi connectivity index (χ4n) is 1.47. The Bertz CT molecular complexity index is 207. The van der Waals surface area contributed by atoms with Crippen molar-refractivity contribution < 1.29 is 0 Å². The molecule has 0 radical (unpaired) electrons. The second-order valence-electron chi connectivity index (χ2n) is 4.72. The van der Waals surface area contributed by atoms with Gasteiger partial charge < -0.3 is 15.5 Å². The van der Waals surface area contributed by atoms with E-state index in [2.05, 4.69) is 55.3 Å². The van der Waals surface area contributed by atoms with Gasteiger partial charge in [0, 0.05) is 19.1 Å². The van der Waals surface area contributed by atoms with Crippen molar-refractivity contribution in [1.82, 2.24) is 15.5 Å². The second-order valence-corrected chi connectivity index (χ2v) is 4.72. The fraction of sp³-hybridized carbons (Fsp3) is 0.923. The molecular formula is C13H31IN4. The molecule has 0 aromatic rings. The maximum atomic E-state index is 4.55. The van der Waals surface area contributed by atoms with Gasteiger partial charge in [0.05, 0.1) is 6.54 Å². The molecule has 0 spiro atoms. The van der Waals surface area contributed by atoms with E-state index in [9.17, 15) is 0 Å². The number of aliphatic imine (C=N–C) groups is 1. The monoisotopic (exact) mass is 370 g/mol. The zero-order valence-electron chi connectivity index (χ0n) is 12.6. The van der Waals surface area contributed by atoms with E-state index in [1.54, 1.807) is 0 Å². The van der Waals surface area contributed by atoms with E-state index in [0.29, 0.717) is 6.04 Å². The Morgan fingerprint density at radius 2 is 1.89 bits per heavy atom. The molecule has 0 aromatic heterocycles. The molecule has 0 amide bonds. The molecular weight excluding hydrogens is 339 g/mol. The highest BCUT2D eigenvalue weighted by Gasteiger charge is 2.00. The number of halogens is 1. The van der Waals surface area contributed by atoms with Gasteiger partial charge in [-0.3, -0.25) is 4.99 Å². The van der Waals surface area contributed by atoms with Crippen LogP contribution in [-0.4, -0.2) is 50.1 Å². The summed E-state index contributed by atoms with van der Waals surface area (Å²) in [5.74, 6) is 0.923. The molecule has 5 heteroatoms. The fourth-order valence-corrected chi connectivity index (χ4v) is 1.47. The average Bonchev–Trinajstić information content (AvgIpc) is 2.25. The SMILES string of the molecule is CCCCN(C)CCN=C(NCC)NC(C)C.I. The van der Waals surface area contributed by atoms with Crippen LogP contribution < -0.4 is 10.6 Å². The number of nitrogens with one attached hydrogen (secondary N) is 2. The smallest absolute Gasteiger partial charge is 0.191 e. The summed E-state index contributed by atoms with van der Waals surface area (Å²) in [5, 5.41) is 6.57. The average molecular weight is 370 g/mol. The van der Waals surface area contributed by atoms with E-state index in [1.165, 1.54) is 19.4 Å². The Kier molecular flexibility index (Phi) is 15.1. The van der Waals surface area contributed by atoms with Gasteiger partial charge in [-0.15, -0.1) is 24.0 Å². The standard InChI is InChI=1S/C13H30N4.HI/c1-6-8-10-17(5)11-9-15-13(14-7-2)16-12(3)4;/h12H,6-11H2,1-5H3,(H2,14,15,16);1H. The van der Waals surface area contributed by atoms with Crippen molar-refractivity contribution in [2.24, 2.45) is 4.99 Å². The van der Waals surface area contributed by atoms with E-state index in [1.807, 2.05) is 0 Å². The third-order valence-corrected chi connectivity index (χ3v) is 2.41. The van der Waals surface area contributed by atoms with Crippen LogP contribution in [0.15, 0.2) is 4.99 Å². The minimum absolute atomic E-state index is 0. The van der Waals surface area contributed by atoms with Crippen molar-refractivity contribution in [2.75, 3.05) is 33.2 Å². The van der Waals surface area contributed by atoms with E-state index in [-0.39, 0.29) is 24.0 Å². The lowest BCUT2D eigenvalue weighted by molar-refractivity contribution is 0.337. The molecule has 0 bridgehead atoms. The lowest BCUT2D eigenvalue weighted by Crippen LogP contribution is -2.41. The zero-order chi connectivity index (χ0) is 13.1. The summed E-state index contributed by atoms with van der Waals surface area (Å²) in [5.41, 5.74) is 0. The molecule has 0 aromatic carbocycles. The highest BCUT2D eigenvalue weighted by Crippen LogP contribution is 1.91. The molecule has 0 fully saturated rings. The van der Waals surface area contributed by atoms with Gasteiger partial charge in [-0.05, 0) is 40.8 Å². The molecule has 4 nitrogen and oxygen atoms in total. The number of likely N-dealkylation sites (N-methyl/N-ethyl adjacent to an activating group) is 1. The summed E-state index contributed by atoms with van der Waals surface area (Å²) in [6.45, 7) is 12.5. The molecule has 0 aliphatic rings. The van der Waals surface area contributed by atoms with E-state index in [0.717, 1.165) is 25.6 Å². The van der Waals surface area contributed by atoms with Gasteiger partial charge in [0.2, 0.25) is 0 Å². The first-order valence-electron chi connectivity index (χ1n) is 6.83. The largest absolute Gasteiger partial charge is 0.357 e. The normalized spacial score (nSPS) is 11.6. The van der Waals surface area contributed by atoms with Crippen molar-refractivity contribution in [1.29, 1.82) is 0 Å². The predicted octanol–water partition coefficient (Wildman–Crippen LogP) is 2.30. The van der Waals surface area contributed by atoms with Gasteiger partial charge in [0.1, 0.15) is 0 Å². The van der Waals surface area contributed by atoms with Crippen LogP contribution in [0.3, 0.4) is 0 Å². The molecule has 0 unspecified atom stereocenters. The van der Waals surface area contributed by atoms with Crippen LogP contribution in [0.4, 0.5) is 0 Å². The molecule has 0 saturated carbocycles. The van der Waals surface area contributed by atoms with Crippen LogP contribution >= 0.6 is 24.0 Å². The van der Waals surface area contributed by atoms with Crippen molar-refractivity contribution in [2.45, 2.75) is 46.6 Å². The minimum atomic E-state index is 0. The number of unbranched alkanes of at least 4 members (excludes halogenated alkanes) is 1. The number of nitrogens with zero attached hydrogens (tertiary/aromatic N) is 2. The first-order valence-corrected chi connectivity index (χ1v) is 6.83. The Balaban J connectivity index is 0. The van der Waals surface area contributed by atoms with Crippen LogP contribution in [0.25, 0.3) is 0 Å². The molecule has 0 aliphatic carbocycles. The van der Waals surface area contributed by atoms with E-state index in [4.69, 9.17) is 0 Å². The zero-order valence-corrected chi connectivity index (χ0v) is 15.0. The maximum Gasteiger partial charge on any atom is 0.191 e. The molecule has 0 aliphatic heterocycles. The van der Waals surface area contributed by atoms with Crippen LogP contribution in [0.2, 0.25) is 0 Å². The van der Waals surface area contributed by atoms with E-state index < -0.39 is 0 Å². The van der Waals surface area contributed by atoms with Crippen LogP contribution in [0, 0.1) is 0 Å².